The van der Waals surface area contributed by atoms with E-state index >= 15 is 0 Å². The molecule has 152 valence electrons. The number of aromatic nitrogens is 3. The molecule has 0 unspecified atom stereocenters. The quantitative estimate of drug-likeness (QED) is 0.265. The van der Waals surface area contributed by atoms with E-state index in [1.807, 2.05) is 60.9 Å². The molecule has 0 aliphatic heterocycles. The molecule has 0 amide bonds. The molecule has 0 atom stereocenters. The average molecular weight is 430 g/mol. The molecule has 0 radical (unpaired) electrons. The van der Waals surface area contributed by atoms with E-state index in [2.05, 4.69) is 10.2 Å². The third kappa shape index (κ3) is 5.47. The summed E-state index contributed by atoms with van der Waals surface area (Å²) in [6, 6.07) is 13.5. The summed E-state index contributed by atoms with van der Waals surface area (Å²) in [5.41, 5.74) is 3.77. The summed E-state index contributed by atoms with van der Waals surface area (Å²) in [6.45, 7) is 5.31. The van der Waals surface area contributed by atoms with Gasteiger partial charge in [-0.3, -0.25) is 4.79 Å². The van der Waals surface area contributed by atoms with Crippen molar-refractivity contribution in [3.63, 3.8) is 0 Å². The monoisotopic (exact) mass is 429 g/mol. The SMILES string of the molecule is COCCCn1c(SCC(=O)c2cc(C)ccc2C)nnc1-c1ccc(Cl)cc1. The van der Waals surface area contributed by atoms with Crippen molar-refractivity contribution >= 4 is 29.1 Å². The number of carbonyl (C=O) groups excluding carboxylic acids is 1. The van der Waals surface area contributed by atoms with Gasteiger partial charge in [-0.1, -0.05) is 41.1 Å². The Hall–Kier alpha value is -2.15. The van der Waals surface area contributed by atoms with Gasteiger partial charge in [0.15, 0.2) is 16.8 Å². The van der Waals surface area contributed by atoms with Gasteiger partial charge in [0, 0.05) is 36.4 Å². The number of benzene rings is 2. The normalized spacial score (nSPS) is 11.0. The minimum atomic E-state index is 0.0932. The van der Waals surface area contributed by atoms with E-state index in [0.717, 1.165) is 39.7 Å². The molecule has 0 N–H and O–H groups in total. The number of hydrogen-bond acceptors (Lipinski definition) is 5. The van der Waals surface area contributed by atoms with Gasteiger partial charge >= 0.3 is 0 Å². The highest BCUT2D eigenvalue weighted by Crippen LogP contribution is 2.26. The number of ether oxygens (including phenoxy) is 1. The van der Waals surface area contributed by atoms with Gasteiger partial charge in [-0.2, -0.15) is 0 Å². The summed E-state index contributed by atoms with van der Waals surface area (Å²) >= 11 is 7.43. The van der Waals surface area contributed by atoms with Crippen LogP contribution in [-0.4, -0.2) is 40.0 Å². The van der Waals surface area contributed by atoms with Gasteiger partial charge in [0.2, 0.25) is 0 Å². The molecule has 3 rings (SSSR count). The number of hydrogen-bond donors (Lipinski definition) is 0. The van der Waals surface area contributed by atoms with Crippen LogP contribution in [0.15, 0.2) is 47.6 Å². The Morgan fingerprint density at radius 2 is 1.90 bits per heavy atom. The number of nitrogens with zero attached hydrogens (tertiary/aromatic N) is 3. The molecule has 5 nitrogen and oxygen atoms in total. The first kappa shape index (κ1) is 21.6. The van der Waals surface area contributed by atoms with E-state index in [9.17, 15) is 4.79 Å². The molecule has 2 aromatic carbocycles. The van der Waals surface area contributed by atoms with E-state index < -0.39 is 0 Å². The fourth-order valence-corrected chi connectivity index (χ4v) is 3.99. The first-order valence-corrected chi connectivity index (χ1v) is 10.8. The van der Waals surface area contributed by atoms with Crippen molar-refractivity contribution in [1.82, 2.24) is 14.8 Å². The van der Waals surface area contributed by atoms with Crippen molar-refractivity contribution in [2.24, 2.45) is 0 Å². The fourth-order valence-electron chi connectivity index (χ4n) is 3.02. The first-order valence-electron chi connectivity index (χ1n) is 9.41. The zero-order valence-corrected chi connectivity index (χ0v) is 18.4. The summed E-state index contributed by atoms with van der Waals surface area (Å²) in [7, 11) is 1.69. The van der Waals surface area contributed by atoms with E-state index in [-0.39, 0.29) is 5.78 Å². The van der Waals surface area contributed by atoms with Crippen molar-refractivity contribution in [2.75, 3.05) is 19.5 Å². The third-order valence-corrected chi connectivity index (χ3v) is 5.79. The van der Waals surface area contributed by atoms with Crippen LogP contribution in [0.5, 0.6) is 0 Å². The third-order valence-electron chi connectivity index (χ3n) is 4.58. The maximum absolute atomic E-state index is 12.8. The second-order valence-electron chi connectivity index (χ2n) is 6.84. The number of thioether (sulfide) groups is 1. The van der Waals surface area contributed by atoms with Crippen molar-refractivity contribution in [1.29, 1.82) is 0 Å². The van der Waals surface area contributed by atoms with Crippen molar-refractivity contribution in [3.05, 3.63) is 64.2 Å². The van der Waals surface area contributed by atoms with Gasteiger partial charge in [-0.15, -0.1) is 10.2 Å². The molecule has 0 fully saturated rings. The summed E-state index contributed by atoms with van der Waals surface area (Å²) in [4.78, 5) is 12.8. The Bertz CT molecular complexity index is 986. The highest BCUT2D eigenvalue weighted by atomic mass is 35.5. The van der Waals surface area contributed by atoms with Crippen molar-refractivity contribution in [2.45, 2.75) is 32.0 Å². The Kier molecular flexibility index (Phi) is 7.47. The van der Waals surface area contributed by atoms with E-state index in [1.165, 1.54) is 11.8 Å². The number of methoxy groups -OCH3 is 1. The zero-order chi connectivity index (χ0) is 20.8. The second kappa shape index (κ2) is 10.1. The lowest BCUT2D eigenvalue weighted by molar-refractivity contribution is 0.102. The van der Waals surface area contributed by atoms with E-state index in [1.54, 1.807) is 7.11 Å². The van der Waals surface area contributed by atoms with Gasteiger partial charge in [0.25, 0.3) is 0 Å². The highest BCUT2D eigenvalue weighted by Gasteiger charge is 2.17. The van der Waals surface area contributed by atoms with Gasteiger partial charge < -0.3 is 9.30 Å². The second-order valence-corrected chi connectivity index (χ2v) is 8.22. The summed E-state index contributed by atoms with van der Waals surface area (Å²) in [6.07, 6.45) is 0.827. The summed E-state index contributed by atoms with van der Waals surface area (Å²) in [5, 5.41) is 10.1. The molecular weight excluding hydrogens is 406 g/mol. The Morgan fingerprint density at radius 1 is 1.14 bits per heavy atom. The molecule has 0 saturated carbocycles. The molecule has 0 spiro atoms. The summed E-state index contributed by atoms with van der Waals surface area (Å²) in [5.74, 6) is 1.17. The lowest BCUT2D eigenvalue weighted by atomic mass is 10.0. The molecular formula is C22H24ClN3O2S. The van der Waals surface area contributed by atoms with Gasteiger partial charge in [0.1, 0.15) is 0 Å². The molecule has 3 aromatic rings. The number of halogens is 1. The van der Waals surface area contributed by atoms with Gasteiger partial charge in [0.05, 0.1) is 5.75 Å². The van der Waals surface area contributed by atoms with E-state index in [0.29, 0.717) is 23.9 Å². The number of Topliss-reactive ketones (excluding diaryl/α,β-unsaturated/α-hetero) is 1. The molecule has 0 aliphatic rings. The molecule has 0 saturated heterocycles. The predicted molar refractivity (Wildman–Crippen MR) is 118 cm³/mol. The molecule has 1 aromatic heterocycles. The van der Waals surface area contributed by atoms with Crippen LogP contribution < -0.4 is 0 Å². The Balaban J connectivity index is 1.81. The van der Waals surface area contributed by atoms with Crippen LogP contribution in [0.4, 0.5) is 0 Å². The van der Waals surface area contributed by atoms with Gasteiger partial charge in [-0.05, 0) is 56.2 Å². The molecule has 1 heterocycles. The maximum atomic E-state index is 12.8. The Morgan fingerprint density at radius 3 is 2.62 bits per heavy atom. The van der Waals surface area contributed by atoms with Gasteiger partial charge in [-0.25, -0.2) is 0 Å². The van der Waals surface area contributed by atoms with Crippen molar-refractivity contribution < 1.29 is 9.53 Å². The van der Waals surface area contributed by atoms with Crippen LogP contribution >= 0.6 is 23.4 Å². The first-order chi connectivity index (χ1) is 14.0. The van der Waals surface area contributed by atoms with Crippen LogP contribution in [0.25, 0.3) is 11.4 Å². The van der Waals surface area contributed by atoms with Crippen LogP contribution in [0.2, 0.25) is 5.02 Å². The maximum Gasteiger partial charge on any atom is 0.191 e. The van der Waals surface area contributed by atoms with Crippen LogP contribution in [0.1, 0.15) is 27.9 Å². The van der Waals surface area contributed by atoms with Crippen LogP contribution in [-0.2, 0) is 11.3 Å². The minimum absolute atomic E-state index is 0.0932. The number of carbonyl (C=O) groups is 1. The standard InChI is InChI=1S/C22H24ClN3O2S/c1-15-5-6-16(2)19(13-15)20(27)14-29-22-25-24-21(26(22)11-4-12-28-3)17-7-9-18(23)10-8-17/h5-10,13H,4,11-12,14H2,1-3H3. The average Bonchev–Trinajstić information content (AvgIpc) is 3.11. The lowest BCUT2D eigenvalue weighted by Crippen LogP contribution is -2.08. The van der Waals surface area contributed by atoms with Crippen molar-refractivity contribution in [3.8, 4) is 11.4 Å². The predicted octanol–water partition coefficient (Wildman–Crippen LogP) is 5.23. The number of ketones is 1. The molecule has 0 bridgehead atoms. The number of rotatable bonds is 9. The zero-order valence-electron chi connectivity index (χ0n) is 16.8. The minimum Gasteiger partial charge on any atom is -0.385 e. The van der Waals surface area contributed by atoms with Crippen LogP contribution in [0.3, 0.4) is 0 Å². The molecule has 0 aliphatic carbocycles. The van der Waals surface area contributed by atoms with Crippen LogP contribution in [0, 0.1) is 13.8 Å². The smallest absolute Gasteiger partial charge is 0.191 e. The van der Waals surface area contributed by atoms with E-state index in [4.69, 9.17) is 16.3 Å². The number of aryl methyl sites for hydroxylation is 2. The molecule has 29 heavy (non-hydrogen) atoms. The lowest BCUT2D eigenvalue weighted by Gasteiger charge is -2.10. The summed E-state index contributed by atoms with van der Waals surface area (Å²) < 4.78 is 7.23. The highest BCUT2D eigenvalue weighted by molar-refractivity contribution is 7.99. The Labute approximate surface area is 180 Å². The largest absolute Gasteiger partial charge is 0.385 e. The topological polar surface area (TPSA) is 57.0 Å². The fraction of sp³-hybridized carbons (Fsp3) is 0.318. The molecule has 7 heteroatoms.